The molecule has 1 aromatic carbocycles. The van der Waals surface area contributed by atoms with Gasteiger partial charge in [-0.05, 0) is 32.9 Å². The van der Waals surface area contributed by atoms with Crippen molar-refractivity contribution in [2.75, 3.05) is 5.32 Å². The third kappa shape index (κ3) is 3.62. The summed E-state index contributed by atoms with van der Waals surface area (Å²) < 4.78 is 1.34. The third-order valence-electron chi connectivity index (χ3n) is 3.90. The fourth-order valence-corrected chi connectivity index (χ4v) is 3.28. The number of nitrogens with zero attached hydrogens (tertiary/aromatic N) is 4. The van der Waals surface area contributed by atoms with Crippen molar-refractivity contribution in [3.05, 3.63) is 56.2 Å². The van der Waals surface area contributed by atoms with Crippen molar-refractivity contribution < 1.29 is 9.72 Å². The SMILES string of the molecule is Cc1nc(-c2ccc(NC(=O)Cn3nc(C)c([N+](=O)[O-])c3C)cc2)cs1. The van der Waals surface area contributed by atoms with Crippen LogP contribution in [0.25, 0.3) is 11.3 Å². The average Bonchev–Trinajstić information content (AvgIpc) is 3.12. The number of rotatable bonds is 5. The van der Waals surface area contributed by atoms with Gasteiger partial charge in [0, 0.05) is 16.6 Å². The van der Waals surface area contributed by atoms with Gasteiger partial charge in [0.25, 0.3) is 0 Å². The zero-order valence-corrected chi connectivity index (χ0v) is 15.3. The summed E-state index contributed by atoms with van der Waals surface area (Å²) in [4.78, 5) is 27.2. The predicted molar refractivity (Wildman–Crippen MR) is 99.3 cm³/mol. The first-order valence-corrected chi connectivity index (χ1v) is 8.74. The van der Waals surface area contributed by atoms with Crippen molar-refractivity contribution in [3.8, 4) is 11.3 Å². The molecule has 0 spiro atoms. The number of anilines is 1. The van der Waals surface area contributed by atoms with E-state index in [0.29, 0.717) is 17.1 Å². The number of carbonyl (C=O) groups excluding carboxylic acids is 1. The van der Waals surface area contributed by atoms with Gasteiger partial charge in [0.2, 0.25) is 5.91 Å². The lowest BCUT2D eigenvalue weighted by Gasteiger charge is -2.07. The van der Waals surface area contributed by atoms with Gasteiger partial charge in [-0.25, -0.2) is 4.98 Å². The Morgan fingerprint density at radius 3 is 2.50 bits per heavy atom. The number of nitrogens with one attached hydrogen (secondary N) is 1. The van der Waals surface area contributed by atoms with Crippen molar-refractivity contribution >= 4 is 28.6 Å². The molecular weight excluding hydrogens is 354 g/mol. The Balaban J connectivity index is 1.69. The van der Waals surface area contributed by atoms with Gasteiger partial charge in [0.15, 0.2) is 0 Å². The van der Waals surface area contributed by atoms with Gasteiger partial charge in [0.05, 0.1) is 15.6 Å². The molecule has 0 atom stereocenters. The van der Waals surface area contributed by atoms with Crippen molar-refractivity contribution in [3.63, 3.8) is 0 Å². The van der Waals surface area contributed by atoms with E-state index in [9.17, 15) is 14.9 Å². The minimum Gasteiger partial charge on any atom is -0.324 e. The molecule has 3 aromatic rings. The number of hydrogen-bond acceptors (Lipinski definition) is 6. The lowest BCUT2D eigenvalue weighted by Crippen LogP contribution is -2.20. The van der Waals surface area contributed by atoms with Gasteiger partial charge in [-0.3, -0.25) is 19.6 Å². The summed E-state index contributed by atoms with van der Waals surface area (Å²) >= 11 is 1.58. The maximum Gasteiger partial charge on any atom is 0.312 e. The van der Waals surface area contributed by atoms with E-state index in [1.54, 1.807) is 37.3 Å². The highest BCUT2D eigenvalue weighted by atomic mass is 32.1. The Bertz CT molecular complexity index is 975. The summed E-state index contributed by atoms with van der Waals surface area (Å²) in [5, 5.41) is 20.9. The smallest absolute Gasteiger partial charge is 0.312 e. The van der Waals surface area contributed by atoms with Crippen LogP contribution in [0, 0.1) is 30.9 Å². The number of thiazole rings is 1. The largest absolute Gasteiger partial charge is 0.324 e. The van der Waals surface area contributed by atoms with E-state index in [1.807, 2.05) is 24.4 Å². The van der Waals surface area contributed by atoms with E-state index in [1.165, 1.54) is 4.68 Å². The normalized spacial score (nSPS) is 10.7. The second-order valence-corrected chi connectivity index (χ2v) is 6.87. The number of aryl methyl sites for hydroxylation is 2. The van der Waals surface area contributed by atoms with Crippen LogP contribution in [0.4, 0.5) is 11.4 Å². The fourth-order valence-electron chi connectivity index (χ4n) is 2.66. The predicted octanol–water partition coefficient (Wildman–Crippen LogP) is 3.48. The van der Waals surface area contributed by atoms with Crippen LogP contribution in [-0.2, 0) is 11.3 Å². The molecule has 1 amide bonds. The van der Waals surface area contributed by atoms with Crippen molar-refractivity contribution in [1.82, 2.24) is 14.8 Å². The summed E-state index contributed by atoms with van der Waals surface area (Å²) in [5.41, 5.74) is 3.12. The molecule has 9 heteroatoms. The first-order valence-electron chi connectivity index (χ1n) is 7.86. The van der Waals surface area contributed by atoms with Gasteiger partial charge in [-0.1, -0.05) is 12.1 Å². The molecule has 0 aliphatic rings. The van der Waals surface area contributed by atoms with Crippen molar-refractivity contribution in [2.45, 2.75) is 27.3 Å². The van der Waals surface area contributed by atoms with Crippen molar-refractivity contribution in [1.29, 1.82) is 0 Å². The number of aromatic nitrogens is 3. The Morgan fingerprint density at radius 1 is 1.27 bits per heavy atom. The number of benzene rings is 1. The van der Waals surface area contributed by atoms with E-state index >= 15 is 0 Å². The van der Waals surface area contributed by atoms with Crippen LogP contribution in [0.3, 0.4) is 0 Å². The molecular formula is C17H17N5O3S. The van der Waals surface area contributed by atoms with E-state index < -0.39 is 4.92 Å². The van der Waals surface area contributed by atoms with Gasteiger partial charge >= 0.3 is 5.69 Å². The Kier molecular flexibility index (Phi) is 4.81. The molecule has 0 bridgehead atoms. The molecule has 0 saturated heterocycles. The topological polar surface area (TPSA) is 103 Å². The van der Waals surface area contributed by atoms with Crippen LogP contribution in [0.5, 0.6) is 0 Å². The summed E-state index contributed by atoms with van der Waals surface area (Å²) in [6, 6.07) is 7.37. The Labute approximate surface area is 153 Å². The number of hydrogen-bond donors (Lipinski definition) is 1. The third-order valence-corrected chi connectivity index (χ3v) is 4.68. The van der Waals surface area contributed by atoms with Crippen LogP contribution in [0.1, 0.15) is 16.4 Å². The summed E-state index contributed by atoms with van der Waals surface area (Å²) in [7, 11) is 0. The monoisotopic (exact) mass is 371 g/mol. The molecule has 134 valence electrons. The number of nitro groups is 1. The summed E-state index contributed by atoms with van der Waals surface area (Å²) in [5.74, 6) is -0.303. The molecule has 1 N–H and O–H groups in total. The molecule has 3 rings (SSSR count). The fraction of sp³-hybridized carbons (Fsp3) is 0.235. The minimum absolute atomic E-state index is 0.0549. The molecule has 26 heavy (non-hydrogen) atoms. The maximum atomic E-state index is 12.2. The molecule has 0 aliphatic carbocycles. The number of carbonyl (C=O) groups is 1. The molecule has 0 radical (unpaired) electrons. The van der Waals surface area contributed by atoms with Gasteiger partial charge in [0.1, 0.15) is 17.9 Å². The van der Waals surface area contributed by atoms with Gasteiger partial charge in [-0.2, -0.15) is 5.10 Å². The lowest BCUT2D eigenvalue weighted by molar-refractivity contribution is -0.386. The highest BCUT2D eigenvalue weighted by Crippen LogP contribution is 2.24. The second-order valence-electron chi connectivity index (χ2n) is 5.81. The van der Waals surface area contributed by atoms with Gasteiger partial charge in [-0.15, -0.1) is 11.3 Å². The van der Waals surface area contributed by atoms with Crippen LogP contribution in [-0.4, -0.2) is 25.6 Å². The van der Waals surface area contributed by atoms with Crippen molar-refractivity contribution in [2.24, 2.45) is 0 Å². The first-order chi connectivity index (χ1) is 12.3. The van der Waals surface area contributed by atoms with Crippen LogP contribution >= 0.6 is 11.3 Å². The maximum absolute atomic E-state index is 12.2. The van der Waals surface area contributed by atoms with Gasteiger partial charge < -0.3 is 5.32 Å². The van der Waals surface area contributed by atoms with E-state index in [0.717, 1.165) is 16.3 Å². The van der Waals surface area contributed by atoms with E-state index in [-0.39, 0.29) is 18.1 Å². The van der Waals surface area contributed by atoms with Crippen LogP contribution < -0.4 is 5.32 Å². The van der Waals surface area contributed by atoms with Crippen LogP contribution in [0.15, 0.2) is 29.6 Å². The van der Waals surface area contributed by atoms with E-state index in [2.05, 4.69) is 15.4 Å². The summed E-state index contributed by atoms with van der Waals surface area (Å²) in [6.45, 7) is 4.99. The molecule has 2 aromatic heterocycles. The highest BCUT2D eigenvalue weighted by Gasteiger charge is 2.22. The first kappa shape index (κ1) is 17.7. The zero-order chi connectivity index (χ0) is 18.8. The Hall–Kier alpha value is -3.07. The van der Waals surface area contributed by atoms with E-state index in [4.69, 9.17) is 0 Å². The quantitative estimate of drug-likeness (QED) is 0.546. The van der Waals surface area contributed by atoms with Crippen LogP contribution in [0.2, 0.25) is 0 Å². The minimum atomic E-state index is -0.481. The molecule has 0 unspecified atom stereocenters. The lowest BCUT2D eigenvalue weighted by atomic mass is 10.1. The molecule has 0 saturated carbocycles. The Morgan fingerprint density at radius 2 is 1.96 bits per heavy atom. The average molecular weight is 371 g/mol. The molecule has 0 fully saturated rings. The molecule has 0 aliphatic heterocycles. The zero-order valence-electron chi connectivity index (χ0n) is 14.5. The standard InChI is InChI=1S/C17H17N5O3S/c1-10-17(22(24)25)11(2)21(20-10)8-16(23)19-14-6-4-13(5-7-14)15-9-26-12(3)18-15/h4-7,9H,8H2,1-3H3,(H,19,23). The molecule has 2 heterocycles. The molecule has 8 nitrogen and oxygen atoms in total. The highest BCUT2D eigenvalue weighted by molar-refractivity contribution is 7.09. The number of amides is 1. The summed E-state index contributed by atoms with van der Waals surface area (Å²) in [6.07, 6.45) is 0. The second kappa shape index (κ2) is 7.04.